The van der Waals surface area contributed by atoms with Gasteiger partial charge in [0.25, 0.3) is 0 Å². The second kappa shape index (κ2) is 6.87. The van der Waals surface area contributed by atoms with Gasteiger partial charge in [0.05, 0.1) is 15.7 Å². The van der Waals surface area contributed by atoms with Crippen molar-refractivity contribution < 1.29 is 8.78 Å². The molecule has 0 aromatic heterocycles. The Labute approximate surface area is 143 Å². The molecule has 0 atom stereocenters. The van der Waals surface area contributed by atoms with E-state index < -0.39 is 11.6 Å². The minimum Gasteiger partial charge on any atom is -0.332 e. The molecule has 8 heteroatoms. The van der Waals surface area contributed by atoms with Gasteiger partial charge in [-0.15, -0.1) is 0 Å². The zero-order chi connectivity index (χ0) is 15.6. The van der Waals surface area contributed by atoms with E-state index in [4.69, 9.17) is 35.4 Å². The van der Waals surface area contributed by atoms with Gasteiger partial charge in [-0.25, -0.2) is 8.78 Å². The highest BCUT2D eigenvalue weighted by Crippen LogP contribution is 2.28. The number of rotatable bonds is 2. The molecule has 0 heterocycles. The van der Waals surface area contributed by atoms with Crippen LogP contribution in [0.25, 0.3) is 0 Å². The SMILES string of the molecule is Fc1cc(F)c(NC(=S)Nc2ccc(Cl)c(Cl)c2)c(Br)c1. The van der Waals surface area contributed by atoms with E-state index in [0.29, 0.717) is 15.7 Å². The highest BCUT2D eigenvalue weighted by molar-refractivity contribution is 9.10. The maximum absolute atomic E-state index is 13.7. The number of anilines is 2. The molecule has 0 amide bonds. The van der Waals surface area contributed by atoms with Gasteiger partial charge in [0, 0.05) is 16.2 Å². The predicted octanol–water partition coefficient (Wildman–Crippen LogP) is 5.84. The summed E-state index contributed by atoms with van der Waals surface area (Å²) >= 11 is 19.8. The van der Waals surface area contributed by atoms with Crippen molar-refractivity contribution >= 4 is 67.8 Å². The highest BCUT2D eigenvalue weighted by atomic mass is 79.9. The molecule has 0 aliphatic rings. The summed E-state index contributed by atoms with van der Waals surface area (Å²) < 4.78 is 26.9. The minimum atomic E-state index is -0.764. The van der Waals surface area contributed by atoms with Crippen LogP contribution in [0.1, 0.15) is 0 Å². The van der Waals surface area contributed by atoms with Crippen molar-refractivity contribution in [2.24, 2.45) is 0 Å². The molecule has 0 aliphatic heterocycles. The Balaban J connectivity index is 2.13. The Morgan fingerprint density at radius 2 is 1.76 bits per heavy atom. The Hall–Kier alpha value is -0.950. The van der Waals surface area contributed by atoms with Crippen molar-refractivity contribution in [3.05, 3.63) is 56.5 Å². The first-order valence-electron chi connectivity index (χ1n) is 5.54. The quantitative estimate of drug-likeness (QED) is 0.606. The lowest BCUT2D eigenvalue weighted by atomic mass is 10.3. The molecule has 110 valence electrons. The van der Waals surface area contributed by atoms with Gasteiger partial charge in [-0.05, 0) is 52.4 Å². The third-order valence-electron chi connectivity index (χ3n) is 2.42. The van der Waals surface area contributed by atoms with Crippen molar-refractivity contribution in [1.29, 1.82) is 0 Å². The smallest absolute Gasteiger partial charge is 0.175 e. The topological polar surface area (TPSA) is 24.1 Å². The van der Waals surface area contributed by atoms with Gasteiger partial charge in [0.2, 0.25) is 0 Å². The van der Waals surface area contributed by atoms with Crippen molar-refractivity contribution in [3.8, 4) is 0 Å². The molecule has 0 aliphatic carbocycles. The first-order chi connectivity index (χ1) is 9.86. The molecule has 0 saturated heterocycles. The van der Waals surface area contributed by atoms with E-state index in [1.54, 1.807) is 18.2 Å². The molecule has 0 bridgehead atoms. The number of halogens is 5. The van der Waals surface area contributed by atoms with Crippen molar-refractivity contribution in [1.82, 2.24) is 0 Å². The highest BCUT2D eigenvalue weighted by Gasteiger charge is 2.11. The molecule has 0 spiro atoms. The number of hydrogen-bond donors (Lipinski definition) is 2. The van der Waals surface area contributed by atoms with Crippen molar-refractivity contribution in [2.45, 2.75) is 0 Å². The molecule has 21 heavy (non-hydrogen) atoms. The third kappa shape index (κ3) is 4.26. The van der Waals surface area contributed by atoms with Crippen LogP contribution in [-0.4, -0.2) is 5.11 Å². The Bertz CT molecular complexity index is 690. The van der Waals surface area contributed by atoms with E-state index in [-0.39, 0.29) is 15.3 Å². The number of benzene rings is 2. The fourth-order valence-corrected chi connectivity index (χ4v) is 2.54. The van der Waals surface area contributed by atoms with Gasteiger partial charge >= 0.3 is 0 Å². The zero-order valence-corrected chi connectivity index (χ0v) is 14.1. The van der Waals surface area contributed by atoms with Crippen LogP contribution in [-0.2, 0) is 0 Å². The van der Waals surface area contributed by atoms with E-state index >= 15 is 0 Å². The van der Waals surface area contributed by atoms with E-state index in [0.717, 1.165) is 12.1 Å². The minimum absolute atomic E-state index is 0.0361. The summed E-state index contributed by atoms with van der Waals surface area (Å²) in [4.78, 5) is 0. The first-order valence-corrected chi connectivity index (χ1v) is 7.50. The summed E-state index contributed by atoms with van der Waals surface area (Å²) in [5.74, 6) is -1.45. The fourth-order valence-electron chi connectivity index (χ4n) is 1.51. The molecule has 2 aromatic rings. The first kappa shape index (κ1) is 16.4. The van der Waals surface area contributed by atoms with Crippen LogP contribution in [0.15, 0.2) is 34.8 Å². The molecular formula is C13H7BrCl2F2N2S. The van der Waals surface area contributed by atoms with Gasteiger partial charge in [-0.2, -0.15) is 0 Å². The summed E-state index contributed by atoms with van der Waals surface area (Å²) in [7, 11) is 0. The van der Waals surface area contributed by atoms with Crippen LogP contribution in [0.2, 0.25) is 10.0 Å². The van der Waals surface area contributed by atoms with E-state index in [1.807, 2.05) is 0 Å². The van der Waals surface area contributed by atoms with Crippen LogP contribution in [0.5, 0.6) is 0 Å². The fraction of sp³-hybridized carbons (Fsp3) is 0. The standard InChI is InChI=1S/C13H7BrCl2F2N2S/c14-8-3-6(17)4-11(18)12(8)20-13(21)19-7-1-2-9(15)10(16)5-7/h1-5H,(H2,19,20,21). The summed E-state index contributed by atoms with van der Waals surface area (Å²) in [6.45, 7) is 0. The average molecular weight is 412 g/mol. The van der Waals surface area contributed by atoms with E-state index in [1.165, 1.54) is 0 Å². The lowest BCUT2D eigenvalue weighted by Gasteiger charge is -2.13. The molecule has 2 rings (SSSR count). The molecule has 0 radical (unpaired) electrons. The monoisotopic (exact) mass is 410 g/mol. The lowest BCUT2D eigenvalue weighted by Crippen LogP contribution is -2.20. The Morgan fingerprint density at radius 1 is 1.05 bits per heavy atom. The summed E-state index contributed by atoms with van der Waals surface area (Å²) in [5.41, 5.74) is 0.620. The average Bonchev–Trinajstić information content (AvgIpc) is 2.38. The largest absolute Gasteiger partial charge is 0.332 e. The van der Waals surface area contributed by atoms with Crippen molar-refractivity contribution in [2.75, 3.05) is 10.6 Å². The second-order valence-corrected chi connectivity index (χ2v) is 6.03. The summed E-state index contributed by atoms with van der Waals surface area (Å²) in [5, 5.41) is 6.36. The number of thiocarbonyl (C=S) groups is 1. The molecule has 2 aromatic carbocycles. The van der Waals surface area contributed by atoms with E-state index in [2.05, 4.69) is 26.6 Å². The third-order valence-corrected chi connectivity index (χ3v) is 3.99. The molecule has 0 fully saturated rings. The van der Waals surface area contributed by atoms with Crippen LogP contribution in [0.3, 0.4) is 0 Å². The van der Waals surface area contributed by atoms with Crippen LogP contribution in [0, 0.1) is 11.6 Å². The number of nitrogens with one attached hydrogen (secondary N) is 2. The van der Waals surface area contributed by atoms with Gasteiger partial charge < -0.3 is 10.6 Å². The van der Waals surface area contributed by atoms with Crippen molar-refractivity contribution in [3.63, 3.8) is 0 Å². The molecule has 2 N–H and O–H groups in total. The summed E-state index contributed by atoms with van der Waals surface area (Å²) in [6.07, 6.45) is 0. The van der Waals surface area contributed by atoms with E-state index in [9.17, 15) is 8.78 Å². The predicted molar refractivity (Wildman–Crippen MR) is 90.4 cm³/mol. The normalized spacial score (nSPS) is 10.3. The van der Waals surface area contributed by atoms with Gasteiger partial charge in [0.1, 0.15) is 5.82 Å². The summed E-state index contributed by atoms with van der Waals surface area (Å²) in [6, 6.07) is 6.73. The van der Waals surface area contributed by atoms with Gasteiger partial charge in [-0.1, -0.05) is 23.2 Å². The zero-order valence-electron chi connectivity index (χ0n) is 10.2. The second-order valence-electron chi connectivity index (χ2n) is 3.95. The van der Waals surface area contributed by atoms with Gasteiger partial charge in [0.15, 0.2) is 10.9 Å². The van der Waals surface area contributed by atoms with Crippen LogP contribution in [0.4, 0.5) is 20.2 Å². The van der Waals surface area contributed by atoms with Crippen LogP contribution >= 0.6 is 51.3 Å². The molecule has 2 nitrogen and oxygen atoms in total. The molecule has 0 saturated carbocycles. The number of hydrogen-bond acceptors (Lipinski definition) is 1. The van der Waals surface area contributed by atoms with Crippen LogP contribution < -0.4 is 10.6 Å². The molecular weight excluding hydrogens is 405 g/mol. The maximum atomic E-state index is 13.7. The Kier molecular flexibility index (Phi) is 5.37. The Morgan fingerprint density at radius 3 is 2.38 bits per heavy atom. The maximum Gasteiger partial charge on any atom is 0.175 e. The molecule has 0 unspecified atom stereocenters. The lowest BCUT2D eigenvalue weighted by molar-refractivity contribution is 0.585. The van der Waals surface area contributed by atoms with Gasteiger partial charge in [-0.3, -0.25) is 0 Å².